The average molecular weight is 348 g/mol. The van der Waals surface area contributed by atoms with Gasteiger partial charge < -0.3 is 9.47 Å². The topological polar surface area (TPSA) is 77.5 Å². The molecular weight excluding hydrogens is 328 g/mol. The third kappa shape index (κ3) is 4.32. The average Bonchev–Trinajstić information content (AvgIpc) is 2.89. The van der Waals surface area contributed by atoms with Gasteiger partial charge in [0.05, 0.1) is 12.3 Å². The number of ether oxygens (including phenoxy) is 2. The molecule has 2 aromatic rings. The lowest BCUT2D eigenvalue weighted by Crippen LogP contribution is -2.20. The fraction of sp³-hybridized carbons (Fsp3) is 0.353. The van der Waals surface area contributed by atoms with Gasteiger partial charge in [0.25, 0.3) is 5.91 Å². The number of thiazole rings is 1. The van der Waals surface area contributed by atoms with E-state index in [2.05, 4.69) is 10.3 Å². The highest BCUT2D eigenvalue weighted by atomic mass is 32.1. The molecule has 1 amide bonds. The number of carbonyl (C=O) groups excluding carboxylic acids is 2. The molecule has 2 rings (SSSR count). The van der Waals surface area contributed by atoms with Crippen molar-refractivity contribution in [2.24, 2.45) is 0 Å². The summed E-state index contributed by atoms with van der Waals surface area (Å²) >= 11 is 1.09. The van der Waals surface area contributed by atoms with Gasteiger partial charge in [0.15, 0.2) is 11.7 Å². The summed E-state index contributed by atoms with van der Waals surface area (Å²) in [6.07, 6.45) is 0. The van der Waals surface area contributed by atoms with E-state index in [4.69, 9.17) is 9.47 Å². The summed E-state index contributed by atoms with van der Waals surface area (Å²) in [5.41, 5.74) is 2.63. The number of aromatic nitrogens is 1. The van der Waals surface area contributed by atoms with Crippen molar-refractivity contribution in [1.29, 1.82) is 0 Å². The number of esters is 1. The number of carbonyl (C=O) groups is 2. The molecule has 0 bridgehead atoms. The van der Waals surface area contributed by atoms with Crippen LogP contribution in [0.2, 0.25) is 0 Å². The summed E-state index contributed by atoms with van der Waals surface area (Å²) in [6.45, 7) is 7.53. The molecule has 0 saturated carbocycles. The van der Waals surface area contributed by atoms with Gasteiger partial charge in [0, 0.05) is 0 Å². The largest absolute Gasteiger partial charge is 0.483 e. The minimum absolute atomic E-state index is 0.127. The predicted octanol–water partition coefficient (Wildman–Crippen LogP) is 3.26. The van der Waals surface area contributed by atoms with Crippen LogP contribution in [0.4, 0.5) is 5.13 Å². The van der Waals surface area contributed by atoms with Gasteiger partial charge in [-0.15, -0.1) is 0 Å². The van der Waals surface area contributed by atoms with Crippen molar-refractivity contribution < 1.29 is 19.1 Å². The Morgan fingerprint density at radius 3 is 2.71 bits per heavy atom. The van der Waals surface area contributed by atoms with E-state index in [-0.39, 0.29) is 12.5 Å². The second kappa shape index (κ2) is 7.92. The van der Waals surface area contributed by atoms with Crippen molar-refractivity contribution >= 4 is 28.3 Å². The molecule has 24 heavy (non-hydrogen) atoms. The van der Waals surface area contributed by atoms with Gasteiger partial charge in [0.1, 0.15) is 10.6 Å². The normalized spacial score (nSPS) is 10.3. The molecule has 1 aromatic heterocycles. The van der Waals surface area contributed by atoms with Crippen molar-refractivity contribution in [3.8, 4) is 5.75 Å². The second-order valence-corrected chi connectivity index (χ2v) is 6.19. The fourth-order valence-electron chi connectivity index (χ4n) is 2.02. The van der Waals surface area contributed by atoms with Crippen LogP contribution < -0.4 is 10.1 Å². The highest BCUT2D eigenvalue weighted by molar-refractivity contribution is 7.17. The molecule has 7 heteroatoms. The Balaban J connectivity index is 1.96. The number of amides is 1. The highest BCUT2D eigenvalue weighted by Gasteiger charge is 2.17. The summed E-state index contributed by atoms with van der Waals surface area (Å²) in [5, 5.41) is 2.99. The summed E-state index contributed by atoms with van der Waals surface area (Å²) in [7, 11) is 0. The number of anilines is 1. The molecule has 0 unspecified atom stereocenters. The van der Waals surface area contributed by atoms with Crippen LogP contribution in [-0.4, -0.2) is 30.1 Å². The number of hydrogen-bond acceptors (Lipinski definition) is 6. The molecular formula is C17H20N2O4S. The minimum Gasteiger partial charge on any atom is -0.483 e. The van der Waals surface area contributed by atoms with Crippen molar-refractivity contribution in [2.45, 2.75) is 27.7 Å². The van der Waals surface area contributed by atoms with E-state index in [0.717, 1.165) is 22.5 Å². The Morgan fingerprint density at radius 1 is 1.25 bits per heavy atom. The molecule has 1 aromatic carbocycles. The Labute approximate surface area is 144 Å². The lowest BCUT2D eigenvalue weighted by molar-refractivity contribution is -0.118. The van der Waals surface area contributed by atoms with Gasteiger partial charge in [-0.25, -0.2) is 9.78 Å². The summed E-state index contributed by atoms with van der Waals surface area (Å²) in [4.78, 5) is 28.3. The van der Waals surface area contributed by atoms with Crippen LogP contribution >= 0.6 is 11.3 Å². The van der Waals surface area contributed by atoms with Gasteiger partial charge in [-0.3, -0.25) is 10.1 Å². The molecule has 0 atom stereocenters. The maximum Gasteiger partial charge on any atom is 0.350 e. The monoisotopic (exact) mass is 348 g/mol. The van der Waals surface area contributed by atoms with E-state index >= 15 is 0 Å². The Kier molecular flexibility index (Phi) is 5.92. The number of hydrogen-bond donors (Lipinski definition) is 1. The number of aryl methyl sites for hydroxylation is 2. The molecule has 0 aliphatic heterocycles. The zero-order valence-corrected chi connectivity index (χ0v) is 15.0. The van der Waals surface area contributed by atoms with Crippen LogP contribution in [0.1, 0.15) is 33.4 Å². The van der Waals surface area contributed by atoms with Gasteiger partial charge in [-0.1, -0.05) is 23.5 Å². The minimum atomic E-state index is -0.431. The second-order valence-electron chi connectivity index (χ2n) is 5.19. The highest BCUT2D eigenvalue weighted by Crippen LogP contribution is 2.24. The van der Waals surface area contributed by atoms with Crippen molar-refractivity contribution in [3.05, 3.63) is 39.9 Å². The fourth-order valence-corrected chi connectivity index (χ4v) is 2.89. The summed E-state index contributed by atoms with van der Waals surface area (Å²) in [5.74, 6) is -0.0904. The number of rotatable bonds is 6. The first-order chi connectivity index (χ1) is 11.4. The first-order valence-electron chi connectivity index (χ1n) is 7.55. The van der Waals surface area contributed by atoms with Gasteiger partial charge in [0.2, 0.25) is 0 Å². The first kappa shape index (κ1) is 17.9. The first-order valence-corrected chi connectivity index (χ1v) is 8.37. The summed E-state index contributed by atoms with van der Waals surface area (Å²) in [6, 6.07) is 5.69. The Bertz CT molecular complexity index is 755. The molecule has 0 aliphatic carbocycles. The number of nitrogens with one attached hydrogen (secondary N) is 1. The third-order valence-electron chi connectivity index (χ3n) is 3.42. The van der Waals surface area contributed by atoms with Crippen molar-refractivity contribution in [1.82, 2.24) is 4.98 Å². The summed E-state index contributed by atoms with van der Waals surface area (Å²) < 4.78 is 10.5. The quantitative estimate of drug-likeness (QED) is 0.811. The Morgan fingerprint density at radius 2 is 2.00 bits per heavy atom. The molecule has 0 spiro atoms. The van der Waals surface area contributed by atoms with E-state index in [1.165, 1.54) is 0 Å². The van der Waals surface area contributed by atoms with Crippen LogP contribution in [0.25, 0.3) is 0 Å². The zero-order valence-electron chi connectivity index (χ0n) is 14.1. The third-order valence-corrected chi connectivity index (χ3v) is 4.47. The van der Waals surface area contributed by atoms with E-state index in [1.807, 2.05) is 32.0 Å². The van der Waals surface area contributed by atoms with Gasteiger partial charge in [-0.2, -0.15) is 0 Å². The lowest BCUT2D eigenvalue weighted by atomic mass is 10.1. The van der Waals surface area contributed by atoms with E-state index in [0.29, 0.717) is 28.1 Å². The van der Waals surface area contributed by atoms with Crippen LogP contribution in [0.3, 0.4) is 0 Å². The predicted molar refractivity (Wildman–Crippen MR) is 92.8 cm³/mol. The van der Waals surface area contributed by atoms with E-state index in [1.54, 1.807) is 13.8 Å². The van der Waals surface area contributed by atoms with Crippen LogP contribution in [0.5, 0.6) is 5.75 Å². The smallest absolute Gasteiger partial charge is 0.350 e. The molecule has 128 valence electrons. The molecule has 1 N–H and O–H groups in total. The molecule has 0 fully saturated rings. The maximum absolute atomic E-state index is 12.0. The molecule has 0 radical (unpaired) electrons. The van der Waals surface area contributed by atoms with Gasteiger partial charge in [-0.05, 0) is 44.9 Å². The zero-order chi connectivity index (χ0) is 17.7. The number of benzene rings is 1. The standard InChI is InChI=1S/C17H20N2O4S/c1-5-22-16(21)15-12(4)18-17(24-15)19-14(20)9-23-13-8-6-7-10(2)11(13)3/h6-8H,5,9H2,1-4H3,(H,18,19,20). The van der Waals surface area contributed by atoms with Crippen LogP contribution in [0, 0.1) is 20.8 Å². The molecule has 6 nitrogen and oxygen atoms in total. The SMILES string of the molecule is CCOC(=O)c1sc(NC(=O)COc2cccc(C)c2C)nc1C. The van der Waals surface area contributed by atoms with E-state index < -0.39 is 5.97 Å². The molecule has 0 aliphatic rings. The van der Waals surface area contributed by atoms with E-state index in [9.17, 15) is 9.59 Å². The molecule has 0 saturated heterocycles. The van der Waals surface area contributed by atoms with Crippen LogP contribution in [-0.2, 0) is 9.53 Å². The van der Waals surface area contributed by atoms with Crippen molar-refractivity contribution in [2.75, 3.05) is 18.5 Å². The van der Waals surface area contributed by atoms with Gasteiger partial charge >= 0.3 is 5.97 Å². The number of nitrogens with zero attached hydrogens (tertiary/aromatic N) is 1. The maximum atomic E-state index is 12.0. The van der Waals surface area contributed by atoms with Crippen molar-refractivity contribution in [3.63, 3.8) is 0 Å². The lowest BCUT2D eigenvalue weighted by Gasteiger charge is -2.10. The molecule has 1 heterocycles. The van der Waals surface area contributed by atoms with Crippen LogP contribution in [0.15, 0.2) is 18.2 Å². The Hall–Kier alpha value is -2.41.